The second kappa shape index (κ2) is 16.3. The number of Topliss-reactive ketones (excluding diaryl/α,β-unsaturated/α-hetero) is 1. The minimum atomic E-state index is -4.58. The van der Waals surface area contributed by atoms with Crippen molar-refractivity contribution in [3.8, 4) is 0 Å². The van der Waals surface area contributed by atoms with Crippen LogP contribution in [0.25, 0.3) is 0 Å². The van der Waals surface area contributed by atoms with Crippen molar-refractivity contribution in [2.45, 2.75) is 106 Å². The van der Waals surface area contributed by atoms with Crippen LogP contribution < -0.4 is 5.32 Å². The number of carbonyl (C=O) groups is 5. The molecule has 2 bridgehead atoms. The van der Waals surface area contributed by atoms with E-state index in [2.05, 4.69) is 5.32 Å². The molecule has 11 atom stereocenters. The van der Waals surface area contributed by atoms with Gasteiger partial charge in [-0.15, -0.1) is 0 Å². The Morgan fingerprint density at radius 3 is 2.05 bits per heavy atom. The van der Waals surface area contributed by atoms with Gasteiger partial charge in [0.15, 0.2) is 17.5 Å². The average Bonchev–Trinajstić information content (AvgIpc) is 3.24. The maximum Gasteiger partial charge on any atom is 0.338 e. The molecule has 0 aromatic heterocycles. The third kappa shape index (κ3) is 7.56. The zero-order valence-corrected chi connectivity index (χ0v) is 35.8. The lowest BCUT2D eigenvalue weighted by atomic mass is 9.44. The number of amides is 1. The second-order valence-electron chi connectivity index (χ2n) is 17.4. The van der Waals surface area contributed by atoms with Crippen molar-refractivity contribution in [3.05, 3.63) is 113 Å². The normalized spacial score (nSPS) is 31.9. The molecule has 1 saturated heterocycles. The lowest BCUT2D eigenvalue weighted by molar-refractivity contribution is -0.346. The minimum absolute atomic E-state index is 0.0468. The molecule has 4 aliphatic rings. The van der Waals surface area contributed by atoms with Crippen molar-refractivity contribution in [1.82, 2.24) is 5.32 Å². The summed E-state index contributed by atoms with van der Waals surface area (Å²) in [6.07, 6.45) is -11.0. The summed E-state index contributed by atoms with van der Waals surface area (Å²) in [5.41, 5.74) is -7.75. The maximum absolute atomic E-state index is 15.0. The molecule has 3 fully saturated rings. The number of rotatable bonds is 10. The van der Waals surface area contributed by atoms with Gasteiger partial charge < -0.3 is 44.7 Å². The molecule has 2 unspecified atom stereocenters. The number of fused-ring (bicyclic) bond motifs is 5. The molecule has 18 heteroatoms. The predicted molar refractivity (Wildman–Crippen MR) is 218 cm³/mol. The number of aliphatic hydroxyl groups is 4. The molecule has 1 heterocycles. The minimum Gasteiger partial charge on any atom is -0.456 e. The molecule has 1 amide bonds. The third-order valence-electron chi connectivity index (χ3n) is 13.6. The zero-order valence-electron chi connectivity index (χ0n) is 35.0. The predicted octanol–water partition coefficient (Wildman–Crippen LogP) is 2.41. The van der Waals surface area contributed by atoms with Crippen molar-refractivity contribution in [1.29, 1.82) is 0 Å². The van der Waals surface area contributed by atoms with Crippen LogP contribution >= 0.6 is 0 Å². The van der Waals surface area contributed by atoms with Gasteiger partial charge in [-0.1, -0.05) is 62.4 Å². The summed E-state index contributed by atoms with van der Waals surface area (Å²) in [6, 6.07) is 18.3. The van der Waals surface area contributed by atoms with E-state index in [9.17, 15) is 52.6 Å². The fraction of sp³-hybridized carbons (Fsp3) is 0.444. The van der Waals surface area contributed by atoms with E-state index in [0.717, 1.165) is 31.2 Å². The number of aliphatic hydroxyl groups excluding tert-OH is 3. The number of ether oxygens (including phenoxy) is 4. The van der Waals surface area contributed by atoms with E-state index in [1.165, 1.54) is 52.0 Å². The molecule has 1 aliphatic heterocycles. The Bertz CT molecular complexity index is 2460. The molecule has 2 saturated carbocycles. The first-order valence-electron chi connectivity index (χ1n) is 20.2. The summed E-state index contributed by atoms with van der Waals surface area (Å²) in [5.74, 6) is -6.45. The third-order valence-corrected chi connectivity index (χ3v) is 14.5. The van der Waals surface area contributed by atoms with E-state index in [4.69, 9.17) is 18.9 Å². The first kappa shape index (κ1) is 45.7. The average molecular weight is 892 g/mol. The van der Waals surface area contributed by atoms with Gasteiger partial charge in [0, 0.05) is 30.7 Å². The Balaban J connectivity index is 1.31. The van der Waals surface area contributed by atoms with E-state index in [0.29, 0.717) is 0 Å². The zero-order chi connectivity index (χ0) is 46.0. The molecular formula is C45H49NO16S. The summed E-state index contributed by atoms with van der Waals surface area (Å²) in [7, 11) is -4.58. The highest BCUT2D eigenvalue weighted by atomic mass is 32.2. The number of nitrogens with one attached hydrogen (secondary N) is 1. The lowest BCUT2D eigenvalue weighted by Gasteiger charge is -2.67. The summed E-state index contributed by atoms with van der Waals surface area (Å²) in [6.45, 7) is 6.65. The van der Waals surface area contributed by atoms with E-state index < -0.39 is 122 Å². The summed E-state index contributed by atoms with van der Waals surface area (Å²) in [5, 5.41) is 51.9. The van der Waals surface area contributed by atoms with Gasteiger partial charge >= 0.3 is 17.9 Å². The van der Waals surface area contributed by atoms with Crippen LogP contribution in [0.15, 0.2) is 101 Å². The van der Waals surface area contributed by atoms with E-state index in [1.807, 2.05) is 0 Å². The van der Waals surface area contributed by atoms with Crippen molar-refractivity contribution in [3.63, 3.8) is 0 Å². The molecule has 63 heavy (non-hydrogen) atoms. The van der Waals surface area contributed by atoms with Gasteiger partial charge in [0.2, 0.25) is 0 Å². The van der Waals surface area contributed by atoms with Crippen LogP contribution in [0.2, 0.25) is 0 Å². The first-order chi connectivity index (χ1) is 29.5. The van der Waals surface area contributed by atoms with E-state index >= 15 is 4.79 Å². The van der Waals surface area contributed by atoms with Gasteiger partial charge in [-0.2, -0.15) is 8.42 Å². The molecule has 17 nitrogen and oxygen atoms in total. The molecule has 3 aromatic rings. The standard InChI is InChI=1S/C45H49NO16S/c1-23-29(60-41(54)35(50)33(25-12-8-6-9-13-25)46-39(52)26-16-18-28(19-17-26)63(56,57)58)21-45(55)38(61-40(53)27-14-10-7-11-15-27)36-43(5,37(51)34(49)32(23)42(45,3)4)30(48)20-31-44(36,22-59-31)62-24(2)47/h6-19,29-31,33-36,38,48-50,55H,20-22H2,1-5H3,(H,46,52)(H,56,57,58)/t29-,30-,31+,33?,34+,35?,36-,38-,43+,44-,45+/m0/s1. The van der Waals surface area contributed by atoms with Crippen molar-refractivity contribution in [2.75, 3.05) is 6.61 Å². The van der Waals surface area contributed by atoms with Gasteiger partial charge in [0.05, 0.1) is 40.5 Å². The molecule has 0 radical (unpaired) electrons. The van der Waals surface area contributed by atoms with Gasteiger partial charge in [0.25, 0.3) is 16.0 Å². The fourth-order valence-corrected chi connectivity index (χ4v) is 10.6. The molecule has 6 N–H and O–H groups in total. The SMILES string of the molecule is CC(=O)O[C@@]12CO[C@@H]1C[C@H](O)[C@@]1(C)C(=O)[C@H](O)C3=C(C)[C@@H](OC(=O)C(O)C(NC(=O)c4ccc(S(=O)(=O)O)cc4)c4ccccc4)C[C@@](O)([C@@H](OC(=O)c4ccccc4)[C@H]21)C3(C)C. The van der Waals surface area contributed by atoms with Crippen LogP contribution in [0, 0.1) is 16.7 Å². The molecule has 336 valence electrons. The molecule has 7 rings (SSSR count). The molecular weight excluding hydrogens is 843 g/mol. The molecule has 3 aromatic carbocycles. The van der Waals surface area contributed by atoms with Gasteiger partial charge in [-0.3, -0.25) is 18.9 Å². The van der Waals surface area contributed by atoms with Crippen molar-refractivity contribution >= 4 is 39.7 Å². The highest BCUT2D eigenvalue weighted by molar-refractivity contribution is 7.85. The Morgan fingerprint density at radius 2 is 1.49 bits per heavy atom. The quantitative estimate of drug-likeness (QED) is 0.0739. The van der Waals surface area contributed by atoms with Crippen LogP contribution in [0.4, 0.5) is 0 Å². The second-order valence-corrected chi connectivity index (χ2v) is 18.8. The highest BCUT2D eigenvalue weighted by Crippen LogP contribution is 2.64. The highest BCUT2D eigenvalue weighted by Gasteiger charge is 2.78. The van der Waals surface area contributed by atoms with Crippen molar-refractivity contribution in [2.24, 2.45) is 16.7 Å². The van der Waals surface area contributed by atoms with Crippen LogP contribution in [0.1, 0.15) is 79.8 Å². The number of benzene rings is 3. The van der Waals surface area contributed by atoms with E-state index in [1.54, 1.807) is 36.4 Å². The smallest absolute Gasteiger partial charge is 0.338 e. The van der Waals surface area contributed by atoms with Gasteiger partial charge in [-0.05, 0) is 67.0 Å². The Morgan fingerprint density at radius 1 is 0.889 bits per heavy atom. The van der Waals surface area contributed by atoms with Crippen LogP contribution in [0.3, 0.4) is 0 Å². The van der Waals surface area contributed by atoms with Gasteiger partial charge in [0.1, 0.15) is 30.0 Å². The Hall–Kier alpha value is -5.34. The lowest BCUT2D eigenvalue weighted by Crippen LogP contribution is -2.81. The van der Waals surface area contributed by atoms with Gasteiger partial charge in [-0.25, -0.2) is 9.59 Å². The number of hydrogen-bond acceptors (Lipinski definition) is 15. The van der Waals surface area contributed by atoms with Crippen LogP contribution in [-0.2, 0) is 43.4 Å². The number of esters is 3. The number of carbonyl (C=O) groups excluding carboxylic acids is 5. The Kier molecular flexibility index (Phi) is 11.8. The number of ketones is 1. The molecule has 3 aliphatic carbocycles. The monoisotopic (exact) mass is 891 g/mol. The number of hydrogen-bond donors (Lipinski definition) is 6. The van der Waals surface area contributed by atoms with E-state index in [-0.39, 0.29) is 40.9 Å². The molecule has 0 spiro atoms. The fourth-order valence-electron chi connectivity index (χ4n) is 10.1. The summed E-state index contributed by atoms with van der Waals surface area (Å²) < 4.78 is 56.6. The van der Waals surface area contributed by atoms with Crippen LogP contribution in [0.5, 0.6) is 0 Å². The first-order valence-corrected chi connectivity index (χ1v) is 21.7. The Labute approximate surface area is 362 Å². The summed E-state index contributed by atoms with van der Waals surface area (Å²) in [4.78, 5) is 69.3. The summed E-state index contributed by atoms with van der Waals surface area (Å²) >= 11 is 0. The van der Waals surface area contributed by atoms with Crippen molar-refractivity contribution < 1.29 is 76.3 Å². The topological polar surface area (TPSA) is 270 Å². The largest absolute Gasteiger partial charge is 0.456 e. The maximum atomic E-state index is 15.0. The van der Waals surface area contributed by atoms with Crippen LogP contribution in [-0.4, -0.2) is 117 Å².